The van der Waals surface area contributed by atoms with Gasteiger partial charge < -0.3 is 15.4 Å². The molecule has 4 rings (SSSR count). The normalized spacial score (nSPS) is 19.8. The Morgan fingerprint density at radius 2 is 1.72 bits per heavy atom. The van der Waals surface area contributed by atoms with Gasteiger partial charge in [0.15, 0.2) is 0 Å². The molecule has 8 heteroatoms. The second-order valence-corrected chi connectivity index (χ2v) is 7.99. The summed E-state index contributed by atoms with van der Waals surface area (Å²) in [6, 6.07) is 15.7. The van der Waals surface area contributed by atoms with Gasteiger partial charge in [0.25, 0.3) is 5.91 Å². The van der Waals surface area contributed by atoms with E-state index in [1.54, 1.807) is 24.3 Å². The van der Waals surface area contributed by atoms with Gasteiger partial charge in [-0.2, -0.15) is 0 Å². The van der Waals surface area contributed by atoms with Crippen molar-refractivity contribution in [1.82, 2.24) is 10.2 Å². The molecule has 2 fully saturated rings. The summed E-state index contributed by atoms with van der Waals surface area (Å²) >= 11 is 0. The number of piperidine rings is 1. The number of hydrogen-bond donors (Lipinski definition) is 2. The van der Waals surface area contributed by atoms with E-state index in [0.29, 0.717) is 31.1 Å². The van der Waals surface area contributed by atoms with Crippen molar-refractivity contribution in [2.75, 3.05) is 29.9 Å². The summed E-state index contributed by atoms with van der Waals surface area (Å²) in [5, 5.41) is 5.82. The summed E-state index contributed by atoms with van der Waals surface area (Å²) in [7, 11) is 0. The van der Waals surface area contributed by atoms with Gasteiger partial charge in [0.2, 0.25) is 5.91 Å². The minimum Gasteiger partial charge on any atom is -0.494 e. The lowest BCUT2D eigenvalue weighted by molar-refractivity contribution is -0.123. The standard InChI is InChI=1S/C24H28N4O4/c1-2-32-20-10-8-19(9-11-20)28-22(29)16-21(23(28)30)27-14-12-18(13-15-27)26-24(31)25-17-6-4-3-5-7-17/h3-11,18,21H,2,12-16H2,1H3,(H2,25,26,31)/t21-/m0/s1. The van der Waals surface area contributed by atoms with Gasteiger partial charge in [-0.05, 0) is 56.2 Å². The molecule has 0 aromatic heterocycles. The van der Waals surface area contributed by atoms with E-state index in [2.05, 4.69) is 15.5 Å². The molecular formula is C24H28N4O4. The van der Waals surface area contributed by atoms with Crippen LogP contribution < -0.4 is 20.3 Å². The van der Waals surface area contributed by atoms with Crippen LogP contribution in [-0.4, -0.2) is 54.5 Å². The maximum absolute atomic E-state index is 13.0. The predicted molar refractivity (Wildman–Crippen MR) is 122 cm³/mol. The fourth-order valence-corrected chi connectivity index (χ4v) is 4.26. The fraction of sp³-hybridized carbons (Fsp3) is 0.375. The van der Waals surface area contributed by atoms with E-state index in [0.717, 1.165) is 18.5 Å². The lowest BCUT2D eigenvalue weighted by Gasteiger charge is -2.35. The van der Waals surface area contributed by atoms with Crippen LogP contribution in [-0.2, 0) is 9.59 Å². The number of urea groups is 1. The second kappa shape index (κ2) is 9.82. The topological polar surface area (TPSA) is 91.0 Å². The number of hydrogen-bond acceptors (Lipinski definition) is 5. The zero-order chi connectivity index (χ0) is 22.5. The minimum absolute atomic E-state index is 0.0318. The van der Waals surface area contributed by atoms with Gasteiger partial charge in [-0.1, -0.05) is 18.2 Å². The van der Waals surface area contributed by atoms with Crippen molar-refractivity contribution in [2.45, 2.75) is 38.3 Å². The Kier molecular flexibility index (Phi) is 6.70. The van der Waals surface area contributed by atoms with Crippen LogP contribution in [0.5, 0.6) is 5.75 Å². The highest BCUT2D eigenvalue weighted by atomic mass is 16.5. The van der Waals surface area contributed by atoms with Gasteiger partial charge in [-0.25, -0.2) is 9.69 Å². The Labute approximate surface area is 187 Å². The fourth-order valence-electron chi connectivity index (χ4n) is 4.26. The lowest BCUT2D eigenvalue weighted by Crippen LogP contribution is -2.50. The van der Waals surface area contributed by atoms with Crippen molar-refractivity contribution in [2.24, 2.45) is 0 Å². The van der Waals surface area contributed by atoms with E-state index < -0.39 is 6.04 Å². The van der Waals surface area contributed by atoms with E-state index in [4.69, 9.17) is 4.74 Å². The number of carbonyl (C=O) groups excluding carboxylic acids is 3. The summed E-state index contributed by atoms with van der Waals surface area (Å²) in [6.45, 7) is 3.76. The Balaban J connectivity index is 1.30. The summed E-state index contributed by atoms with van der Waals surface area (Å²) < 4.78 is 5.43. The average Bonchev–Trinajstić information content (AvgIpc) is 3.09. The molecule has 2 N–H and O–H groups in total. The van der Waals surface area contributed by atoms with Crippen molar-refractivity contribution in [1.29, 1.82) is 0 Å². The number of likely N-dealkylation sites (tertiary alicyclic amines) is 1. The van der Waals surface area contributed by atoms with E-state index in [-0.39, 0.29) is 30.3 Å². The number of rotatable bonds is 6. The van der Waals surface area contributed by atoms with Crippen molar-refractivity contribution < 1.29 is 19.1 Å². The smallest absolute Gasteiger partial charge is 0.319 e. The molecule has 0 bridgehead atoms. The Morgan fingerprint density at radius 1 is 1.03 bits per heavy atom. The molecule has 168 valence electrons. The van der Waals surface area contributed by atoms with Crippen LogP contribution in [0.25, 0.3) is 0 Å². The average molecular weight is 437 g/mol. The first-order chi connectivity index (χ1) is 15.5. The minimum atomic E-state index is -0.451. The Morgan fingerprint density at radius 3 is 2.38 bits per heavy atom. The molecule has 0 spiro atoms. The van der Waals surface area contributed by atoms with Gasteiger partial charge in [-0.15, -0.1) is 0 Å². The largest absolute Gasteiger partial charge is 0.494 e. The van der Waals surface area contributed by atoms with Crippen LogP contribution in [0.1, 0.15) is 26.2 Å². The SMILES string of the molecule is CCOc1ccc(N2C(=O)C[C@H](N3CCC(NC(=O)Nc4ccccc4)CC3)C2=O)cc1. The maximum Gasteiger partial charge on any atom is 0.319 e. The molecule has 0 unspecified atom stereocenters. The predicted octanol–water partition coefficient (Wildman–Crippen LogP) is 3.00. The number of nitrogens with zero attached hydrogens (tertiary/aromatic N) is 2. The molecule has 2 heterocycles. The van der Waals surface area contributed by atoms with Crippen LogP contribution in [0.3, 0.4) is 0 Å². The number of para-hydroxylation sites is 1. The number of carbonyl (C=O) groups is 3. The highest BCUT2D eigenvalue weighted by Crippen LogP contribution is 2.28. The molecule has 0 radical (unpaired) electrons. The number of benzene rings is 2. The molecule has 4 amide bonds. The molecular weight excluding hydrogens is 408 g/mol. The number of imide groups is 1. The lowest BCUT2D eigenvalue weighted by atomic mass is 10.0. The van der Waals surface area contributed by atoms with E-state index in [1.807, 2.05) is 37.3 Å². The third-order valence-corrected chi connectivity index (χ3v) is 5.87. The molecule has 2 aliphatic heterocycles. The summed E-state index contributed by atoms with van der Waals surface area (Å²) in [4.78, 5) is 41.2. The first-order valence-electron chi connectivity index (χ1n) is 11.0. The highest BCUT2D eigenvalue weighted by Gasteiger charge is 2.43. The molecule has 2 aliphatic rings. The molecule has 2 aromatic rings. The van der Waals surface area contributed by atoms with Crippen molar-refractivity contribution in [3.8, 4) is 5.75 Å². The molecule has 32 heavy (non-hydrogen) atoms. The maximum atomic E-state index is 13.0. The molecule has 8 nitrogen and oxygen atoms in total. The van der Waals surface area contributed by atoms with Gasteiger partial charge in [0, 0.05) is 24.8 Å². The third kappa shape index (κ3) is 4.91. The van der Waals surface area contributed by atoms with Gasteiger partial charge in [0.1, 0.15) is 5.75 Å². The molecule has 0 saturated carbocycles. The molecule has 2 aromatic carbocycles. The van der Waals surface area contributed by atoms with Crippen LogP contribution >= 0.6 is 0 Å². The molecule has 1 atom stereocenters. The summed E-state index contributed by atoms with van der Waals surface area (Å²) in [5.74, 6) is 0.330. The zero-order valence-electron chi connectivity index (χ0n) is 18.1. The second-order valence-electron chi connectivity index (χ2n) is 7.99. The van der Waals surface area contributed by atoms with Crippen LogP contribution in [0.2, 0.25) is 0 Å². The monoisotopic (exact) mass is 436 g/mol. The molecule has 0 aliphatic carbocycles. The third-order valence-electron chi connectivity index (χ3n) is 5.87. The summed E-state index contributed by atoms with van der Waals surface area (Å²) in [6.07, 6.45) is 1.63. The van der Waals surface area contributed by atoms with Gasteiger partial charge >= 0.3 is 6.03 Å². The van der Waals surface area contributed by atoms with Crippen molar-refractivity contribution in [3.63, 3.8) is 0 Å². The van der Waals surface area contributed by atoms with E-state index in [9.17, 15) is 14.4 Å². The van der Waals surface area contributed by atoms with Crippen LogP contribution in [0, 0.1) is 0 Å². The van der Waals surface area contributed by atoms with Gasteiger partial charge in [0.05, 0.1) is 24.8 Å². The summed E-state index contributed by atoms with van der Waals surface area (Å²) in [5.41, 5.74) is 1.31. The number of nitrogens with one attached hydrogen (secondary N) is 2. The zero-order valence-corrected chi connectivity index (χ0v) is 18.1. The highest BCUT2D eigenvalue weighted by molar-refractivity contribution is 6.22. The van der Waals surface area contributed by atoms with E-state index in [1.165, 1.54) is 4.90 Å². The first-order valence-corrected chi connectivity index (χ1v) is 11.0. The quantitative estimate of drug-likeness (QED) is 0.680. The van der Waals surface area contributed by atoms with Crippen molar-refractivity contribution in [3.05, 3.63) is 54.6 Å². The number of anilines is 2. The number of amides is 4. The number of ether oxygens (including phenoxy) is 1. The van der Waals surface area contributed by atoms with Crippen LogP contribution in [0.4, 0.5) is 16.2 Å². The van der Waals surface area contributed by atoms with Crippen molar-refractivity contribution >= 4 is 29.2 Å². The Hall–Kier alpha value is -3.39. The van der Waals surface area contributed by atoms with Gasteiger partial charge in [-0.3, -0.25) is 14.5 Å². The molecule has 2 saturated heterocycles. The van der Waals surface area contributed by atoms with E-state index >= 15 is 0 Å². The Bertz CT molecular complexity index is 956. The van der Waals surface area contributed by atoms with Crippen LogP contribution in [0.15, 0.2) is 54.6 Å². The first kappa shape index (κ1) is 21.8.